The van der Waals surface area contributed by atoms with Crippen LogP contribution in [0.5, 0.6) is 0 Å². The first-order chi connectivity index (χ1) is 14.9. The Morgan fingerprint density at radius 1 is 1.16 bits per heavy atom. The van der Waals surface area contributed by atoms with Crippen molar-refractivity contribution in [2.45, 2.75) is 17.7 Å². The van der Waals surface area contributed by atoms with E-state index in [1.807, 2.05) is 6.07 Å². The molecule has 1 saturated carbocycles. The van der Waals surface area contributed by atoms with Gasteiger partial charge in [0, 0.05) is 42.0 Å². The predicted molar refractivity (Wildman–Crippen MR) is 115 cm³/mol. The van der Waals surface area contributed by atoms with Crippen molar-refractivity contribution in [3.8, 4) is 11.3 Å². The molecule has 11 heteroatoms. The fourth-order valence-electron chi connectivity index (χ4n) is 3.22. The smallest absolute Gasteiger partial charge is 0.265 e. The van der Waals surface area contributed by atoms with Crippen LogP contribution in [0, 0.1) is 5.92 Å². The molecule has 0 radical (unpaired) electrons. The highest BCUT2D eigenvalue weighted by Gasteiger charge is 2.30. The second kappa shape index (κ2) is 7.20. The van der Waals surface area contributed by atoms with Crippen LogP contribution in [0.25, 0.3) is 22.3 Å². The third kappa shape index (κ3) is 3.87. The van der Waals surface area contributed by atoms with Crippen LogP contribution in [0.1, 0.15) is 12.8 Å². The topological polar surface area (TPSA) is 135 Å². The zero-order valence-electron chi connectivity index (χ0n) is 16.5. The van der Waals surface area contributed by atoms with E-state index in [1.165, 1.54) is 17.1 Å². The number of amides is 1. The molecule has 0 spiro atoms. The summed E-state index contributed by atoms with van der Waals surface area (Å²) in [7, 11) is -2.08. The molecule has 5 rings (SSSR count). The van der Waals surface area contributed by atoms with Crippen LogP contribution in [0.3, 0.4) is 0 Å². The van der Waals surface area contributed by atoms with Gasteiger partial charge in [-0.1, -0.05) is 12.1 Å². The third-order valence-corrected chi connectivity index (χ3v) is 6.34. The third-order valence-electron chi connectivity index (χ3n) is 5.00. The number of sulfonamides is 1. The number of anilines is 2. The molecule has 0 saturated heterocycles. The summed E-state index contributed by atoms with van der Waals surface area (Å²) in [5.74, 6) is 0.207. The van der Waals surface area contributed by atoms with Crippen molar-refractivity contribution in [3.63, 3.8) is 0 Å². The monoisotopic (exact) mass is 437 g/mol. The van der Waals surface area contributed by atoms with Gasteiger partial charge in [-0.3, -0.25) is 19.5 Å². The highest BCUT2D eigenvalue weighted by molar-refractivity contribution is 7.92. The lowest BCUT2D eigenvalue weighted by atomic mass is 10.1. The Bertz CT molecular complexity index is 1390. The fourth-order valence-corrected chi connectivity index (χ4v) is 4.26. The largest absolute Gasteiger partial charge is 0.346 e. The van der Waals surface area contributed by atoms with Gasteiger partial charge in [-0.2, -0.15) is 10.1 Å². The molecule has 10 nitrogen and oxygen atoms in total. The van der Waals surface area contributed by atoms with E-state index in [1.54, 1.807) is 37.5 Å². The zero-order valence-corrected chi connectivity index (χ0v) is 17.3. The van der Waals surface area contributed by atoms with Crippen LogP contribution in [-0.2, 0) is 21.9 Å². The molecule has 3 aromatic heterocycles. The van der Waals surface area contributed by atoms with Gasteiger partial charge in [-0.05, 0) is 31.0 Å². The van der Waals surface area contributed by atoms with E-state index < -0.39 is 10.0 Å². The van der Waals surface area contributed by atoms with Crippen molar-refractivity contribution in [1.82, 2.24) is 24.7 Å². The molecular weight excluding hydrogens is 418 g/mol. The summed E-state index contributed by atoms with van der Waals surface area (Å²) in [5, 5.41) is 7.47. The van der Waals surface area contributed by atoms with E-state index >= 15 is 0 Å². The molecule has 1 aromatic carbocycles. The molecule has 3 heterocycles. The van der Waals surface area contributed by atoms with Crippen molar-refractivity contribution in [3.05, 3.63) is 48.9 Å². The Morgan fingerprint density at radius 3 is 2.61 bits per heavy atom. The van der Waals surface area contributed by atoms with Crippen LogP contribution in [-0.4, -0.2) is 39.1 Å². The van der Waals surface area contributed by atoms with Crippen LogP contribution < -0.4 is 10.0 Å². The Hall–Kier alpha value is -3.73. The highest BCUT2D eigenvalue weighted by Crippen LogP contribution is 2.31. The van der Waals surface area contributed by atoms with Crippen molar-refractivity contribution in [2.75, 3.05) is 10.0 Å². The predicted octanol–water partition coefficient (Wildman–Crippen LogP) is 2.51. The van der Waals surface area contributed by atoms with Crippen molar-refractivity contribution in [2.24, 2.45) is 13.0 Å². The van der Waals surface area contributed by atoms with Gasteiger partial charge in [0.05, 0.1) is 11.9 Å². The normalized spacial score (nSPS) is 14.0. The fraction of sp³-hybridized carbons (Fsp3) is 0.200. The lowest BCUT2D eigenvalue weighted by molar-refractivity contribution is -0.117. The number of H-pyrrole nitrogens is 1. The molecular formula is C20H19N7O3S. The summed E-state index contributed by atoms with van der Waals surface area (Å²) in [6, 6.07) is 8.71. The number of hydrogen-bond acceptors (Lipinski definition) is 6. The van der Waals surface area contributed by atoms with Gasteiger partial charge in [0.1, 0.15) is 10.5 Å². The van der Waals surface area contributed by atoms with Crippen LogP contribution in [0.4, 0.5) is 11.6 Å². The van der Waals surface area contributed by atoms with Gasteiger partial charge in [0.25, 0.3) is 10.0 Å². The minimum atomic E-state index is -3.73. The minimum absolute atomic E-state index is 0.0403. The van der Waals surface area contributed by atoms with E-state index in [9.17, 15) is 13.2 Å². The maximum Gasteiger partial charge on any atom is 0.265 e. The number of hydrogen-bond donors (Lipinski definition) is 3. The van der Waals surface area contributed by atoms with Crippen LogP contribution >= 0.6 is 0 Å². The minimum Gasteiger partial charge on any atom is -0.346 e. The van der Waals surface area contributed by atoms with Gasteiger partial charge in [-0.15, -0.1) is 0 Å². The molecule has 0 unspecified atom stereocenters. The molecule has 1 fully saturated rings. The highest BCUT2D eigenvalue weighted by atomic mass is 32.2. The lowest BCUT2D eigenvalue weighted by Gasteiger charge is -2.09. The average Bonchev–Trinajstić information content (AvgIpc) is 3.32. The van der Waals surface area contributed by atoms with Gasteiger partial charge < -0.3 is 4.98 Å². The molecule has 158 valence electrons. The second-order valence-corrected chi connectivity index (χ2v) is 9.11. The van der Waals surface area contributed by atoms with E-state index in [0.717, 1.165) is 23.8 Å². The van der Waals surface area contributed by atoms with Gasteiger partial charge >= 0.3 is 0 Å². The summed E-state index contributed by atoms with van der Waals surface area (Å²) in [6.07, 6.45) is 6.25. The Kier molecular flexibility index (Phi) is 4.47. The van der Waals surface area contributed by atoms with E-state index in [-0.39, 0.29) is 22.7 Å². The summed E-state index contributed by atoms with van der Waals surface area (Å²) in [4.78, 5) is 24.2. The van der Waals surface area contributed by atoms with E-state index in [4.69, 9.17) is 0 Å². The van der Waals surface area contributed by atoms with E-state index in [2.05, 4.69) is 30.1 Å². The number of rotatable bonds is 6. The number of nitrogens with zero attached hydrogens (tertiary/aromatic N) is 4. The first kappa shape index (κ1) is 19.2. The SMILES string of the molecule is Cn1cc(S(=O)(=O)Nc2ccc(-c3nc(NC(=O)C4CC4)nc4[nH]ccc34)cc2)cn1. The van der Waals surface area contributed by atoms with Crippen molar-refractivity contribution < 1.29 is 13.2 Å². The quantitative estimate of drug-likeness (QED) is 0.424. The number of aromatic nitrogens is 5. The number of aryl methyl sites for hydroxylation is 1. The zero-order chi connectivity index (χ0) is 21.6. The second-order valence-electron chi connectivity index (χ2n) is 7.43. The number of nitrogens with one attached hydrogen (secondary N) is 3. The number of carbonyl (C=O) groups excluding carboxylic acids is 1. The van der Waals surface area contributed by atoms with Gasteiger partial charge in [0.15, 0.2) is 0 Å². The number of aromatic amines is 1. The summed E-state index contributed by atoms with van der Waals surface area (Å²) in [6.45, 7) is 0. The molecule has 1 amide bonds. The molecule has 0 bridgehead atoms. The number of carbonyl (C=O) groups is 1. The van der Waals surface area contributed by atoms with Gasteiger partial charge in [-0.25, -0.2) is 13.4 Å². The molecule has 1 aliphatic rings. The maximum absolute atomic E-state index is 12.5. The van der Waals surface area contributed by atoms with E-state index in [0.29, 0.717) is 17.0 Å². The summed E-state index contributed by atoms with van der Waals surface area (Å²) >= 11 is 0. The lowest BCUT2D eigenvalue weighted by Crippen LogP contribution is -2.15. The Labute approximate surface area is 177 Å². The molecule has 3 N–H and O–H groups in total. The molecule has 31 heavy (non-hydrogen) atoms. The summed E-state index contributed by atoms with van der Waals surface area (Å²) < 4.78 is 28.9. The van der Waals surface area contributed by atoms with Crippen molar-refractivity contribution in [1.29, 1.82) is 0 Å². The Morgan fingerprint density at radius 2 is 1.94 bits per heavy atom. The first-order valence-electron chi connectivity index (χ1n) is 9.67. The molecule has 0 aliphatic heterocycles. The van der Waals surface area contributed by atoms with Crippen LogP contribution in [0.2, 0.25) is 0 Å². The molecule has 0 atom stereocenters. The maximum atomic E-state index is 12.5. The summed E-state index contributed by atoms with van der Waals surface area (Å²) in [5.41, 5.74) is 2.42. The van der Waals surface area contributed by atoms with Crippen molar-refractivity contribution >= 4 is 38.6 Å². The standard InChI is InChI=1S/C20H19N7O3S/c1-27-11-15(10-22-27)31(29,30)26-14-6-4-12(5-7-14)17-16-8-9-21-18(16)24-20(23-17)25-19(28)13-2-3-13/h4-11,13,26H,2-3H2,1H3,(H2,21,23,24,25,28). The van der Waals surface area contributed by atoms with Gasteiger partial charge in [0.2, 0.25) is 11.9 Å². The first-order valence-corrected chi connectivity index (χ1v) is 11.2. The number of benzene rings is 1. The molecule has 1 aliphatic carbocycles. The molecule has 4 aromatic rings. The van der Waals surface area contributed by atoms with Crippen LogP contribution in [0.15, 0.2) is 53.8 Å². The Balaban J connectivity index is 1.44. The average molecular weight is 437 g/mol. The number of fused-ring (bicyclic) bond motifs is 1.